The molecule has 1 aliphatic rings. The number of nitrogens with one attached hydrogen (secondary N) is 1. The minimum Gasteiger partial charge on any atom is -0.377 e. The predicted molar refractivity (Wildman–Crippen MR) is 98.4 cm³/mol. The average Bonchev–Trinajstić information content (AvgIpc) is 3.14. The van der Waals surface area contributed by atoms with E-state index in [1.807, 2.05) is 20.8 Å². The fourth-order valence-electron chi connectivity index (χ4n) is 3.14. The van der Waals surface area contributed by atoms with Crippen molar-refractivity contribution in [3.63, 3.8) is 0 Å². The van der Waals surface area contributed by atoms with E-state index in [9.17, 15) is 9.59 Å². The van der Waals surface area contributed by atoms with Gasteiger partial charge in [-0.15, -0.1) is 0 Å². The fourth-order valence-corrected chi connectivity index (χ4v) is 3.14. The van der Waals surface area contributed by atoms with Crippen molar-refractivity contribution in [2.24, 2.45) is 0 Å². The number of hydrogen-bond acceptors (Lipinski definition) is 6. The van der Waals surface area contributed by atoms with E-state index in [1.54, 1.807) is 15.5 Å². The molecule has 1 atom stereocenters. The standard InChI is InChI=1S/C18H26N6O3/c1-4-5-19-16(25)8-13-10-27-7-6-23(13)17(26)14-9-15(12(2)3)24-18(22-14)20-11-21-24/h9,11-13H,4-8,10H2,1-3H3,(H,19,25). The second-order valence-corrected chi connectivity index (χ2v) is 6.97. The summed E-state index contributed by atoms with van der Waals surface area (Å²) in [6, 6.07) is 1.46. The molecule has 2 amide bonds. The molecule has 1 aliphatic heterocycles. The first-order valence-corrected chi connectivity index (χ1v) is 9.37. The van der Waals surface area contributed by atoms with E-state index in [2.05, 4.69) is 20.4 Å². The van der Waals surface area contributed by atoms with Gasteiger partial charge in [0.1, 0.15) is 12.0 Å². The third-order valence-corrected chi connectivity index (χ3v) is 4.57. The maximum absolute atomic E-state index is 13.2. The molecule has 27 heavy (non-hydrogen) atoms. The van der Waals surface area contributed by atoms with E-state index in [4.69, 9.17) is 4.74 Å². The topological polar surface area (TPSA) is 102 Å². The van der Waals surface area contributed by atoms with Crippen LogP contribution in [-0.4, -0.2) is 68.6 Å². The zero-order valence-electron chi connectivity index (χ0n) is 16.0. The third-order valence-electron chi connectivity index (χ3n) is 4.57. The summed E-state index contributed by atoms with van der Waals surface area (Å²) in [4.78, 5) is 35.5. The molecule has 3 rings (SSSR count). The first-order valence-electron chi connectivity index (χ1n) is 9.37. The van der Waals surface area contributed by atoms with Crippen molar-refractivity contribution in [2.75, 3.05) is 26.3 Å². The molecule has 2 aromatic rings. The summed E-state index contributed by atoms with van der Waals surface area (Å²) in [6.07, 6.45) is 2.52. The molecule has 3 heterocycles. The van der Waals surface area contributed by atoms with Gasteiger partial charge in [0.2, 0.25) is 5.91 Å². The number of carbonyl (C=O) groups excluding carboxylic acids is 2. The van der Waals surface area contributed by atoms with Gasteiger partial charge >= 0.3 is 0 Å². The molecular formula is C18H26N6O3. The highest BCUT2D eigenvalue weighted by Crippen LogP contribution is 2.19. The fraction of sp³-hybridized carbons (Fsp3) is 0.611. The summed E-state index contributed by atoms with van der Waals surface area (Å²) in [5.41, 5.74) is 1.19. The minimum absolute atomic E-state index is 0.0751. The summed E-state index contributed by atoms with van der Waals surface area (Å²) >= 11 is 0. The van der Waals surface area contributed by atoms with Gasteiger partial charge in [0.05, 0.1) is 24.9 Å². The molecule has 1 N–H and O–H groups in total. The number of nitrogens with zero attached hydrogens (tertiary/aromatic N) is 5. The van der Waals surface area contributed by atoms with Crippen LogP contribution in [0.1, 0.15) is 55.7 Å². The van der Waals surface area contributed by atoms with Gasteiger partial charge in [-0.25, -0.2) is 9.50 Å². The molecule has 0 aliphatic carbocycles. The van der Waals surface area contributed by atoms with Crippen molar-refractivity contribution in [1.29, 1.82) is 0 Å². The van der Waals surface area contributed by atoms with Crippen LogP contribution in [0.25, 0.3) is 5.78 Å². The number of amides is 2. The van der Waals surface area contributed by atoms with E-state index in [1.165, 1.54) is 6.33 Å². The molecule has 1 unspecified atom stereocenters. The molecule has 0 saturated carbocycles. The molecule has 1 saturated heterocycles. The lowest BCUT2D eigenvalue weighted by Gasteiger charge is -2.35. The Kier molecular flexibility index (Phi) is 6.00. The van der Waals surface area contributed by atoms with Crippen molar-refractivity contribution in [1.82, 2.24) is 29.8 Å². The first-order chi connectivity index (χ1) is 13.0. The molecule has 1 fully saturated rings. The van der Waals surface area contributed by atoms with E-state index < -0.39 is 0 Å². The zero-order chi connectivity index (χ0) is 19.4. The van der Waals surface area contributed by atoms with Crippen LogP contribution in [-0.2, 0) is 9.53 Å². The molecular weight excluding hydrogens is 348 g/mol. The van der Waals surface area contributed by atoms with Gasteiger partial charge in [0, 0.05) is 19.5 Å². The minimum atomic E-state index is -0.304. The Morgan fingerprint density at radius 1 is 1.41 bits per heavy atom. The van der Waals surface area contributed by atoms with Crippen LogP contribution >= 0.6 is 0 Å². The lowest BCUT2D eigenvalue weighted by Crippen LogP contribution is -2.50. The normalized spacial score (nSPS) is 17.5. The lowest BCUT2D eigenvalue weighted by molar-refractivity contribution is -0.123. The van der Waals surface area contributed by atoms with E-state index in [-0.39, 0.29) is 30.2 Å². The van der Waals surface area contributed by atoms with Gasteiger partial charge in [0.15, 0.2) is 0 Å². The van der Waals surface area contributed by atoms with Crippen molar-refractivity contribution >= 4 is 17.6 Å². The second kappa shape index (κ2) is 8.43. The smallest absolute Gasteiger partial charge is 0.273 e. The number of aromatic nitrogens is 4. The van der Waals surface area contributed by atoms with Gasteiger partial charge in [-0.3, -0.25) is 9.59 Å². The van der Waals surface area contributed by atoms with Crippen molar-refractivity contribution < 1.29 is 14.3 Å². The molecule has 146 valence electrons. The van der Waals surface area contributed by atoms with Gasteiger partial charge in [-0.2, -0.15) is 10.1 Å². The Labute approximate surface area is 158 Å². The van der Waals surface area contributed by atoms with Crippen LogP contribution < -0.4 is 5.32 Å². The number of rotatable bonds is 6. The largest absolute Gasteiger partial charge is 0.377 e. The van der Waals surface area contributed by atoms with Gasteiger partial charge < -0.3 is 15.0 Å². The number of carbonyl (C=O) groups is 2. The second-order valence-electron chi connectivity index (χ2n) is 6.97. The highest BCUT2D eigenvalue weighted by molar-refractivity contribution is 5.93. The molecule has 0 spiro atoms. The monoisotopic (exact) mass is 374 g/mol. The SMILES string of the molecule is CCCNC(=O)CC1COCCN1C(=O)c1cc(C(C)C)n2ncnc2n1. The zero-order valence-corrected chi connectivity index (χ0v) is 16.0. The van der Waals surface area contributed by atoms with Crippen LogP contribution in [0.2, 0.25) is 0 Å². The Morgan fingerprint density at radius 3 is 2.96 bits per heavy atom. The third kappa shape index (κ3) is 4.24. The summed E-state index contributed by atoms with van der Waals surface area (Å²) in [5, 5.41) is 7.03. The highest BCUT2D eigenvalue weighted by atomic mass is 16.5. The summed E-state index contributed by atoms with van der Waals surface area (Å²) < 4.78 is 7.15. The quantitative estimate of drug-likeness (QED) is 0.809. The van der Waals surface area contributed by atoms with Crippen LogP contribution in [0, 0.1) is 0 Å². The summed E-state index contributed by atoms with van der Waals surface area (Å²) in [5.74, 6) is 0.270. The van der Waals surface area contributed by atoms with E-state index >= 15 is 0 Å². The van der Waals surface area contributed by atoms with E-state index in [0.717, 1.165) is 12.1 Å². The van der Waals surface area contributed by atoms with E-state index in [0.29, 0.717) is 37.8 Å². The average molecular weight is 374 g/mol. The first kappa shape index (κ1) is 19.2. The van der Waals surface area contributed by atoms with Crippen LogP contribution in [0.5, 0.6) is 0 Å². The molecule has 2 aromatic heterocycles. The van der Waals surface area contributed by atoms with Gasteiger partial charge in [-0.1, -0.05) is 20.8 Å². The van der Waals surface area contributed by atoms with Crippen LogP contribution in [0.4, 0.5) is 0 Å². The van der Waals surface area contributed by atoms with Crippen molar-refractivity contribution in [2.45, 2.75) is 45.6 Å². The molecule has 9 nitrogen and oxygen atoms in total. The van der Waals surface area contributed by atoms with Crippen LogP contribution in [0.3, 0.4) is 0 Å². The molecule has 0 bridgehead atoms. The maximum Gasteiger partial charge on any atom is 0.273 e. The Morgan fingerprint density at radius 2 is 2.22 bits per heavy atom. The summed E-state index contributed by atoms with van der Waals surface area (Å²) in [6.45, 7) is 7.90. The van der Waals surface area contributed by atoms with Crippen LogP contribution in [0.15, 0.2) is 12.4 Å². The molecule has 0 aromatic carbocycles. The predicted octanol–water partition coefficient (Wildman–Crippen LogP) is 1.01. The van der Waals surface area contributed by atoms with Crippen molar-refractivity contribution in [3.8, 4) is 0 Å². The molecule has 0 radical (unpaired) electrons. The lowest BCUT2D eigenvalue weighted by atomic mass is 10.1. The number of fused-ring (bicyclic) bond motifs is 1. The van der Waals surface area contributed by atoms with Crippen molar-refractivity contribution in [3.05, 3.63) is 23.8 Å². The van der Waals surface area contributed by atoms with Gasteiger partial charge in [0.25, 0.3) is 11.7 Å². The number of morpholine rings is 1. The Balaban J connectivity index is 1.84. The number of ether oxygens (including phenoxy) is 1. The molecule has 9 heteroatoms. The summed E-state index contributed by atoms with van der Waals surface area (Å²) in [7, 11) is 0. The Hall–Kier alpha value is -2.55. The highest BCUT2D eigenvalue weighted by Gasteiger charge is 2.31. The Bertz CT molecular complexity index is 819. The number of hydrogen-bond donors (Lipinski definition) is 1. The maximum atomic E-state index is 13.2. The van der Waals surface area contributed by atoms with Gasteiger partial charge in [-0.05, 0) is 18.4 Å².